The number of carbonyl (C=O) groups excluding carboxylic acids is 2. The van der Waals surface area contributed by atoms with Crippen LogP contribution in [0.1, 0.15) is 147 Å². The first-order valence-electron chi connectivity index (χ1n) is 19.7. The van der Waals surface area contributed by atoms with Crippen molar-refractivity contribution in [3.05, 3.63) is 59.7 Å². The Hall–Kier alpha value is -3.24. The maximum atomic E-state index is 12.2. The lowest BCUT2D eigenvalue weighted by molar-refractivity contribution is -0.125. The summed E-state index contributed by atoms with van der Waals surface area (Å²) in [6, 6.07) is 16.3. The first-order valence-corrected chi connectivity index (χ1v) is 21.3. The zero-order valence-electron chi connectivity index (χ0n) is 34.6. The number of oxime groups is 1. The minimum atomic E-state index is -2.94. The fourth-order valence-electron chi connectivity index (χ4n) is 5.60. The number of amides is 1. The van der Waals surface area contributed by atoms with Gasteiger partial charge in [-0.2, -0.15) is 0 Å². The molecule has 5 rings (SSSR count). The number of nitrogens with zero attached hydrogens (tertiary/aromatic N) is 1. The molecule has 0 saturated heterocycles. The van der Waals surface area contributed by atoms with E-state index in [4.69, 9.17) is 9.57 Å². The molecule has 3 aliphatic rings. The van der Waals surface area contributed by atoms with Gasteiger partial charge in [-0.3, -0.25) is 4.79 Å². The highest BCUT2D eigenvalue weighted by Gasteiger charge is 2.36. The Kier molecular flexibility index (Phi) is 20.8. The van der Waals surface area contributed by atoms with E-state index in [9.17, 15) is 18.0 Å². The summed E-state index contributed by atoms with van der Waals surface area (Å²) in [6.07, 6.45) is 6.88. The van der Waals surface area contributed by atoms with E-state index in [0.29, 0.717) is 12.0 Å². The van der Waals surface area contributed by atoms with Gasteiger partial charge in [0.25, 0.3) is 0 Å². The van der Waals surface area contributed by atoms with Crippen molar-refractivity contribution in [2.45, 2.75) is 159 Å². The van der Waals surface area contributed by atoms with E-state index < -0.39 is 16.1 Å². The number of sulfonamides is 1. The summed E-state index contributed by atoms with van der Waals surface area (Å²) >= 11 is 0. The highest BCUT2D eigenvalue weighted by Crippen LogP contribution is 2.36. The fourth-order valence-corrected chi connectivity index (χ4v) is 7.21. The molecule has 2 saturated carbocycles. The van der Waals surface area contributed by atoms with Crippen LogP contribution < -0.4 is 10.0 Å². The highest BCUT2D eigenvalue weighted by molar-refractivity contribution is 7.90. The Bertz CT molecular complexity index is 1520. The number of rotatable bonds is 10. The lowest BCUT2D eigenvalue weighted by Crippen LogP contribution is -2.48. The van der Waals surface area contributed by atoms with Crippen molar-refractivity contribution in [2.75, 3.05) is 6.61 Å². The lowest BCUT2D eigenvalue weighted by atomic mass is 9.80. The standard InChI is InChI=1S/C16H15NO.C14H25NO3.C7H16.C6H13NO2S.CH4/c1-11(2)18-17-16-14-9-5-3-7-12(14)13-8-4-6-10-15(13)16;1-4-18-14(17)15-12(13(16)10(2)3)11-8-6-5-7-9-11;1-6(2)7(3,4)5;1-5(2)7-10(8,9)6-3-4-6;/h3-11H,1-2H3;10-12H,4-9H2,1-3H3,(H,15,17);6H,1-5H3;5-7H,3-4H2,1-2H3;1H4/t;12-;;;/m.0.../s1. The Labute approximate surface area is 328 Å². The molecule has 2 fully saturated rings. The van der Waals surface area contributed by atoms with Gasteiger partial charge in [-0.15, -0.1) is 0 Å². The van der Waals surface area contributed by atoms with Crippen molar-refractivity contribution in [2.24, 2.45) is 28.3 Å². The zero-order chi connectivity index (χ0) is 39.9. The van der Waals surface area contributed by atoms with Crippen LogP contribution in [0.3, 0.4) is 0 Å². The minimum Gasteiger partial charge on any atom is -0.450 e. The Morgan fingerprint density at radius 2 is 1.26 bits per heavy atom. The van der Waals surface area contributed by atoms with E-state index in [1.54, 1.807) is 6.92 Å². The van der Waals surface area contributed by atoms with Crippen molar-refractivity contribution in [3.8, 4) is 11.1 Å². The summed E-state index contributed by atoms with van der Waals surface area (Å²) in [6.45, 7) is 24.8. The molecule has 0 aliphatic heterocycles. The largest absolute Gasteiger partial charge is 0.450 e. The number of alkyl carbamates (subject to hydrolysis) is 1. The van der Waals surface area contributed by atoms with Crippen LogP contribution in [0, 0.1) is 23.2 Å². The van der Waals surface area contributed by atoms with Gasteiger partial charge in [-0.25, -0.2) is 17.9 Å². The zero-order valence-corrected chi connectivity index (χ0v) is 35.4. The van der Waals surface area contributed by atoms with Crippen LogP contribution in [-0.4, -0.2) is 56.1 Å². The van der Waals surface area contributed by atoms with Crippen molar-refractivity contribution in [1.82, 2.24) is 10.0 Å². The Morgan fingerprint density at radius 3 is 1.63 bits per heavy atom. The van der Waals surface area contributed by atoms with Gasteiger partial charge in [-0.1, -0.05) is 129 Å². The van der Waals surface area contributed by atoms with Crippen LogP contribution in [0.4, 0.5) is 4.79 Å². The number of carbonyl (C=O) groups is 2. The van der Waals surface area contributed by atoms with Crippen LogP contribution in [0.5, 0.6) is 0 Å². The van der Waals surface area contributed by atoms with Gasteiger partial charge in [0.05, 0.1) is 17.9 Å². The number of nitrogens with one attached hydrogen (secondary N) is 2. The third-order valence-corrected chi connectivity index (χ3v) is 11.8. The SMILES string of the molecule is C.CC(C)C(C)(C)C.CC(C)NS(=O)(=O)C1CC1.CC(C)ON=C1c2ccccc2-c2ccccc21.CCOC(=O)N[C@H](C(=O)C(C)C)C1CCCCC1. The van der Waals surface area contributed by atoms with Gasteiger partial charge in [0.15, 0.2) is 5.78 Å². The fraction of sp³-hybridized carbons (Fsp3) is 0.659. The quantitative estimate of drug-likeness (QED) is 0.198. The molecule has 2 aromatic carbocycles. The van der Waals surface area contributed by atoms with Crippen molar-refractivity contribution < 1.29 is 27.6 Å². The maximum Gasteiger partial charge on any atom is 0.407 e. The second kappa shape index (κ2) is 23.0. The molecule has 9 nitrogen and oxygen atoms in total. The van der Waals surface area contributed by atoms with E-state index in [1.165, 1.54) is 17.5 Å². The van der Waals surface area contributed by atoms with E-state index in [2.05, 4.69) is 86.2 Å². The summed E-state index contributed by atoms with van der Waals surface area (Å²) in [7, 11) is -2.94. The van der Waals surface area contributed by atoms with Crippen LogP contribution in [0.15, 0.2) is 53.7 Å². The molecule has 10 heteroatoms. The smallest absolute Gasteiger partial charge is 0.407 e. The molecule has 0 spiro atoms. The molecule has 0 radical (unpaired) electrons. The minimum absolute atomic E-state index is 0. The number of ether oxygens (including phenoxy) is 1. The van der Waals surface area contributed by atoms with E-state index in [-0.39, 0.29) is 48.5 Å². The van der Waals surface area contributed by atoms with Gasteiger partial charge in [0, 0.05) is 23.1 Å². The topological polar surface area (TPSA) is 123 Å². The van der Waals surface area contributed by atoms with Crippen molar-refractivity contribution in [1.29, 1.82) is 0 Å². The van der Waals surface area contributed by atoms with Gasteiger partial charge in [0.1, 0.15) is 11.8 Å². The Morgan fingerprint density at radius 1 is 0.796 bits per heavy atom. The van der Waals surface area contributed by atoms with E-state index in [0.717, 1.165) is 61.3 Å². The molecule has 306 valence electrons. The lowest BCUT2D eigenvalue weighted by Gasteiger charge is -2.30. The summed E-state index contributed by atoms with van der Waals surface area (Å²) < 4.78 is 29.6. The molecule has 3 aliphatic carbocycles. The molecule has 2 N–H and O–H groups in total. The Balaban J connectivity index is 0.000000381. The predicted molar refractivity (Wildman–Crippen MR) is 225 cm³/mol. The molecule has 0 bridgehead atoms. The number of hydrogen-bond acceptors (Lipinski definition) is 7. The molecular formula is C44H73N3O6S. The van der Waals surface area contributed by atoms with E-state index >= 15 is 0 Å². The average molecular weight is 772 g/mol. The summed E-state index contributed by atoms with van der Waals surface area (Å²) in [4.78, 5) is 29.2. The second-order valence-electron chi connectivity index (χ2n) is 16.5. The summed E-state index contributed by atoms with van der Waals surface area (Å²) in [5, 5.41) is 6.99. The monoisotopic (exact) mass is 772 g/mol. The van der Waals surface area contributed by atoms with Crippen LogP contribution in [-0.2, 0) is 24.4 Å². The third-order valence-electron chi connectivity index (χ3n) is 9.65. The molecule has 0 heterocycles. The van der Waals surface area contributed by atoms with Gasteiger partial charge >= 0.3 is 6.09 Å². The number of benzene rings is 2. The van der Waals surface area contributed by atoms with Gasteiger partial charge in [-0.05, 0) is 88.7 Å². The molecular weight excluding hydrogens is 699 g/mol. The summed E-state index contributed by atoms with van der Waals surface area (Å²) in [5.41, 5.74) is 6.21. The number of Topliss-reactive ketones (excluding diaryl/α,β-unsaturated/α-hetero) is 1. The normalized spacial score (nSPS) is 15.6. The molecule has 0 unspecified atom stereocenters. The van der Waals surface area contributed by atoms with Crippen molar-refractivity contribution in [3.63, 3.8) is 0 Å². The average Bonchev–Trinajstić information content (AvgIpc) is 3.91. The van der Waals surface area contributed by atoms with Crippen LogP contribution >= 0.6 is 0 Å². The summed E-state index contributed by atoms with van der Waals surface area (Å²) in [5.74, 6) is 1.14. The number of hydrogen-bond donors (Lipinski definition) is 2. The molecule has 1 amide bonds. The van der Waals surface area contributed by atoms with Crippen LogP contribution in [0.25, 0.3) is 11.1 Å². The van der Waals surface area contributed by atoms with Gasteiger partial charge < -0.3 is 14.9 Å². The first kappa shape index (κ1) is 48.8. The first-order chi connectivity index (χ1) is 24.8. The van der Waals surface area contributed by atoms with Crippen LogP contribution in [0.2, 0.25) is 0 Å². The predicted octanol–water partition coefficient (Wildman–Crippen LogP) is 10.6. The molecule has 1 atom stereocenters. The van der Waals surface area contributed by atoms with Crippen molar-refractivity contribution >= 4 is 27.6 Å². The molecule has 54 heavy (non-hydrogen) atoms. The van der Waals surface area contributed by atoms with E-state index in [1.807, 2.05) is 53.7 Å². The molecule has 0 aromatic heterocycles. The maximum absolute atomic E-state index is 12.2. The third kappa shape index (κ3) is 16.2. The van der Waals surface area contributed by atoms with Gasteiger partial charge in [0.2, 0.25) is 10.0 Å². The highest BCUT2D eigenvalue weighted by atomic mass is 32.2. The molecule has 2 aromatic rings. The number of ketones is 1. The second-order valence-corrected chi connectivity index (χ2v) is 18.5. The number of fused-ring (bicyclic) bond motifs is 3.